The van der Waals surface area contributed by atoms with E-state index >= 15 is 0 Å². The Morgan fingerprint density at radius 2 is 1.61 bits per heavy atom. The molecule has 0 radical (unpaired) electrons. The van der Waals surface area contributed by atoms with Crippen LogP contribution in [0.3, 0.4) is 0 Å². The topological polar surface area (TPSA) is 338 Å². The lowest BCUT2D eigenvalue weighted by atomic mass is 10.1. The molecule has 232 valence electrons. The molecule has 4 rings (SSSR count). The predicted octanol–water partition coefficient (Wildman–Crippen LogP) is -3.27. The van der Waals surface area contributed by atoms with Gasteiger partial charge in [0, 0.05) is 0 Å². The molecule has 2 aromatic rings. The number of imidazole rings is 1. The molecule has 26 heteroatoms. The van der Waals surface area contributed by atoms with Crippen molar-refractivity contribution in [1.29, 1.82) is 0 Å². The van der Waals surface area contributed by atoms with Gasteiger partial charge in [-0.15, -0.1) is 0 Å². The van der Waals surface area contributed by atoms with Crippen LogP contribution in [0.4, 0.5) is 10.3 Å². The second-order valence-electron chi connectivity index (χ2n) is 8.58. The Hall–Kier alpha value is -1.75. The Balaban J connectivity index is 1.53. The molecule has 0 saturated carbocycles. The third kappa shape index (κ3) is 6.60. The molecule has 22 nitrogen and oxygen atoms in total. The minimum absolute atomic E-state index is 0.346. The lowest BCUT2D eigenvalue weighted by molar-refractivity contribution is -0.0505. The van der Waals surface area contributed by atoms with E-state index in [1.807, 2.05) is 0 Å². The van der Waals surface area contributed by atoms with Crippen LogP contribution in [0.5, 0.6) is 0 Å². The van der Waals surface area contributed by atoms with E-state index < -0.39 is 103 Å². The fourth-order valence-electron chi connectivity index (χ4n) is 4.06. The number of nitrogens with two attached hydrogens (primary N) is 1. The molecule has 10 N–H and O–H groups in total. The van der Waals surface area contributed by atoms with Crippen molar-refractivity contribution in [1.82, 2.24) is 19.1 Å². The van der Waals surface area contributed by atoms with Crippen LogP contribution in [0.15, 0.2) is 11.1 Å². The van der Waals surface area contributed by atoms with Gasteiger partial charge in [0.05, 0.1) is 19.5 Å². The van der Waals surface area contributed by atoms with E-state index in [1.165, 1.54) is 0 Å². The van der Waals surface area contributed by atoms with Crippen molar-refractivity contribution < 1.29 is 80.7 Å². The van der Waals surface area contributed by atoms with Crippen molar-refractivity contribution in [2.45, 2.75) is 49.1 Å². The van der Waals surface area contributed by atoms with Crippen LogP contribution in [0.1, 0.15) is 12.5 Å². The monoisotopic (exact) mass is 657 g/mol. The van der Waals surface area contributed by atoms with Crippen LogP contribution in [0.2, 0.25) is 0 Å². The number of aliphatic hydroxyl groups is 4. The normalized spacial score (nSPS) is 33.7. The van der Waals surface area contributed by atoms with E-state index in [-0.39, 0.29) is 5.65 Å². The summed E-state index contributed by atoms with van der Waals surface area (Å²) in [5.41, 5.74) is 3.98. The summed E-state index contributed by atoms with van der Waals surface area (Å²) in [5.74, 6) is -0.639. The molecule has 2 saturated heterocycles. The van der Waals surface area contributed by atoms with Crippen LogP contribution >= 0.6 is 23.5 Å². The largest absolute Gasteiger partial charge is 0.490 e. The number of nitrogens with zero attached hydrogens (tertiary/aromatic N) is 4. The fraction of sp³-hybridized carbons (Fsp3) is 0.667. The Bertz CT molecular complexity index is 1500. The van der Waals surface area contributed by atoms with Gasteiger partial charge in [0.1, 0.15) is 30.5 Å². The van der Waals surface area contributed by atoms with Crippen LogP contribution in [0, 0.1) is 0 Å². The summed E-state index contributed by atoms with van der Waals surface area (Å²) in [6.07, 6.45) is -13.2. The predicted molar refractivity (Wildman–Crippen MR) is 124 cm³/mol. The number of rotatable bonds is 10. The maximum atomic E-state index is 14.6. The number of aliphatic hydroxyl groups excluding tert-OH is 4. The number of fused-ring (bicyclic) bond motifs is 1. The summed E-state index contributed by atoms with van der Waals surface area (Å²) in [5, 5.41) is 39.9. The van der Waals surface area contributed by atoms with Gasteiger partial charge in [-0.3, -0.25) is 13.9 Å². The van der Waals surface area contributed by atoms with Crippen LogP contribution in [0.25, 0.3) is 11.2 Å². The van der Waals surface area contributed by atoms with Gasteiger partial charge in [-0.1, -0.05) is 0 Å². The van der Waals surface area contributed by atoms with Gasteiger partial charge < -0.3 is 55.2 Å². The lowest BCUT2D eigenvalue weighted by Crippen LogP contribution is -2.35. The van der Waals surface area contributed by atoms with Gasteiger partial charge in [-0.05, 0) is 0 Å². The molecule has 2 aliphatic heterocycles. The van der Waals surface area contributed by atoms with Gasteiger partial charge in [-0.25, -0.2) is 27.6 Å². The van der Waals surface area contributed by atoms with Gasteiger partial charge in [0.25, 0.3) is 5.56 Å². The molecule has 0 spiro atoms. The number of halogens is 1. The first kappa shape index (κ1) is 32.2. The fourth-order valence-corrected chi connectivity index (χ4v) is 7.09. The second kappa shape index (κ2) is 11.4. The average Bonchev–Trinajstić information content (AvgIpc) is 3.46. The molecule has 0 aliphatic carbocycles. The molecule has 2 unspecified atom stereocenters. The van der Waals surface area contributed by atoms with E-state index in [9.17, 15) is 53.1 Å². The van der Waals surface area contributed by atoms with Crippen LogP contribution in [-0.4, -0.2) is 109 Å². The van der Waals surface area contributed by atoms with Crippen molar-refractivity contribution >= 4 is 40.6 Å². The van der Waals surface area contributed by atoms with Crippen LogP contribution in [-0.2, 0) is 36.3 Å². The first-order valence-electron chi connectivity index (χ1n) is 11.0. The first-order valence-corrected chi connectivity index (χ1v) is 15.5. The van der Waals surface area contributed by atoms with Crippen molar-refractivity contribution in [3.05, 3.63) is 16.7 Å². The highest BCUT2D eigenvalue weighted by Gasteiger charge is 2.48. The number of phosphoric acid groups is 3. The summed E-state index contributed by atoms with van der Waals surface area (Å²) in [6, 6.07) is 0. The van der Waals surface area contributed by atoms with E-state index in [4.69, 9.17) is 25.0 Å². The molecule has 0 amide bonds. The van der Waals surface area contributed by atoms with Gasteiger partial charge in [0.15, 0.2) is 29.8 Å². The molecule has 2 aromatic heterocycles. The number of aromatic nitrogens is 4. The SMILES string of the molecule is Nc1nc2c(ncn2[C@@H]2O[C@H](COP(=O)(O)OP(=O)(O)OP(=O)(O)O)[C@@H](O)[C@H]2O)c(=O)n1[C@@H]1O[C@H](CO)[C@@H](O)[C@@H]1F. The Kier molecular flexibility index (Phi) is 8.94. The molecule has 0 aromatic carbocycles. The summed E-state index contributed by atoms with van der Waals surface area (Å²) < 4.78 is 72.3. The minimum atomic E-state index is -5.81. The molecule has 0 bridgehead atoms. The minimum Gasteiger partial charge on any atom is -0.394 e. The van der Waals surface area contributed by atoms with Gasteiger partial charge in [0.2, 0.25) is 5.95 Å². The maximum absolute atomic E-state index is 14.6. The number of anilines is 1. The zero-order valence-corrected chi connectivity index (χ0v) is 22.6. The van der Waals surface area contributed by atoms with Crippen molar-refractivity contribution in [3.63, 3.8) is 0 Å². The third-order valence-corrected chi connectivity index (χ3v) is 9.62. The Labute approximate surface area is 225 Å². The zero-order valence-electron chi connectivity index (χ0n) is 19.9. The summed E-state index contributed by atoms with van der Waals surface area (Å²) in [6.45, 7) is -1.88. The van der Waals surface area contributed by atoms with Crippen LogP contribution < -0.4 is 11.3 Å². The zero-order chi connectivity index (χ0) is 30.7. The van der Waals surface area contributed by atoms with E-state index in [0.29, 0.717) is 4.57 Å². The number of nitrogen functional groups attached to an aromatic ring is 1. The summed E-state index contributed by atoms with van der Waals surface area (Å²) in [4.78, 5) is 56.8. The maximum Gasteiger partial charge on any atom is 0.490 e. The van der Waals surface area contributed by atoms with Crippen molar-refractivity contribution in [2.75, 3.05) is 18.9 Å². The highest BCUT2D eigenvalue weighted by molar-refractivity contribution is 7.66. The Morgan fingerprint density at radius 3 is 2.20 bits per heavy atom. The lowest BCUT2D eigenvalue weighted by Gasteiger charge is -2.20. The third-order valence-electron chi connectivity index (χ3n) is 5.81. The molecular weight excluding hydrogens is 634 g/mol. The van der Waals surface area contributed by atoms with Gasteiger partial charge in [-0.2, -0.15) is 13.6 Å². The first-order chi connectivity index (χ1) is 18.9. The number of hydrogen-bond acceptors (Lipinski definition) is 16. The molecule has 10 atom stereocenters. The van der Waals surface area contributed by atoms with Gasteiger partial charge >= 0.3 is 23.5 Å². The molecule has 2 aliphatic rings. The second-order valence-corrected chi connectivity index (χ2v) is 13.0. The Morgan fingerprint density at radius 1 is 0.976 bits per heavy atom. The molecule has 2 fully saturated rings. The number of ether oxygens (including phenoxy) is 2. The van der Waals surface area contributed by atoms with E-state index in [0.717, 1.165) is 10.9 Å². The quantitative estimate of drug-likeness (QED) is 0.113. The molecule has 4 heterocycles. The number of hydrogen-bond donors (Lipinski definition) is 9. The standard InChI is InChI=1S/C15H23FN5O17P3/c16-6-8(23)4(1-22)35-13(6)21-12(26)7-11(19-15(21)17)20(3-18-7)14-10(25)9(24)5(36-14)2-34-40(30,31)38-41(32,33)37-39(27,28)29/h3-6,8-10,13-14,22-25H,1-2H2,(H2,17,19)(H,30,31)(H,32,33)(H2,27,28,29)/t4-,5-,6+,8-,9-,10-,13-,14-/m1/s1. The highest BCUT2D eigenvalue weighted by atomic mass is 31.3. The molecule has 41 heavy (non-hydrogen) atoms. The summed E-state index contributed by atoms with van der Waals surface area (Å²) >= 11 is 0. The molecular formula is C15H23FN5O17P3. The highest BCUT2D eigenvalue weighted by Crippen LogP contribution is 2.66. The smallest absolute Gasteiger partial charge is 0.394 e. The number of phosphoric ester groups is 1. The van der Waals surface area contributed by atoms with Crippen molar-refractivity contribution in [2.24, 2.45) is 0 Å². The summed E-state index contributed by atoms with van der Waals surface area (Å²) in [7, 11) is -17.0. The van der Waals surface area contributed by atoms with E-state index in [1.54, 1.807) is 0 Å². The van der Waals surface area contributed by atoms with E-state index in [2.05, 4.69) is 23.1 Å². The van der Waals surface area contributed by atoms with Crippen molar-refractivity contribution in [3.8, 4) is 0 Å². The number of alkyl halides is 1. The average molecular weight is 657 g/mol.